The van der Waals surface area contributed by atoms with Crippen LogP contribution in [0.3, 0.4) is 0 Å². The Morgan fingerprint density at radius 2 is 2.11 bits per heavy atom. The van der Waals surface area contributed by atoms with Crippen molar-refractivity contribution in [2.75, 3.05) is 6.54 Å². The first-order valence-electron chi connectivity index (χ1n) is 7.93. The van der Waals surface area contributed by atoms with Gasteiger partial charge in [0.1, 0.15) is 0 Å². The van der Waals surface area contributed by atoms with Gasteiger partial charge in [0.05, 0.1) is 0 Å². The van der Waals surface area contributed by atoms with Crippen molar-refractivity contribution in [1.82, 2.24) is 10.3 Å². The molecule has 2 rings (SSSR count). The van der Waals surface area contributed by atoms with E-state index in [9.17, 15) is 0 Å². The van der Waals surface area contributed by atoms with Crippen LogP contribution in [0.15, 0.2) is 18.3 Å². The first-order valence-corrected chi connectivity index (χ1v) is 7.93. The van der Waals surface area contributed by atoms with Gasteiger partial charge in [-0.3, -0.25) is 4.98 Å². The fourth-order valence-electron chi connectivity index (χ4n) is 3.32. The number of hydrogen-bond donors (Lipinski definition) is 1. The summed E-state index contributed by atoms with van der Waals surface area (Å²) in [5, 5.41) is 3.67. The van der Waals surface area contributed by atoms with E-state index in [4.69, 9.17) is 0 Å². The molecule has 0 aromatic carbocycles. The lowest BCUT2D eigenvalue weighted by Crippen LogP contribution is -2.34. The highest BCUT2D eigenvalue weighted by Crippen LogP contribution is 2.28. The molecule has 2 nitrogen and oxygen atoms in total. The molecule has 0 spiro atoms. The molecule has 1 unspecified atom stereocenters. The number of nitrogens with one attached hydrogen (secondary N) is 1. The predicted molar refractivity (Wildman–Crippen MR) is 81.3 cm³/mol. The average molecular weight is 260 g/mol. The van der Waals surface area contributed by atoms with Crippen LogP contribution in [0.5, 0.6) is 0 Å². The van der Waals surface area contributed by atoms with Gasteiger partial charge < -0.3 is 5.32 Å². The second kappa shape index (κ2) is 7.64. The molecular weight excluding hydrogens is 232 g/mol. The van der Waals surface area contributed by atoms with Crippen LogP contribution in [-0.2, 0) is 6.42 Å². The van der Waals surface area contributed by atoms with Crippen molar-refractivity contribution in [3.8, 4) is 0 Å². The Kier molecular flexibility index (Phi) is 5.84. The first kappa shape index (κ1) is 14.5. The molecule has 1 aliphatic rings. The summed E-state index contributed by atoms with van der Waals surface area (Å²) in [5.41, 5.74) is 2.60. The summed E-state index contributed by atoms with van der Waals surface area (Å²) in [6.45, 7) is 5.44. The molecule has 1 heterocycles. The lowest BCUT2D eigenvalue weighted by Gasteiger charge is -2.27. The van der Waals surface area contributed by atoms with E-state index in [1.807, 2.05) is 12.3 Å². The fraction of sp³-hybridized carbons (Fsp3) is 0.706. The molecular formula is C17H28N2. The molecule has 0 amide bonds. The molecule has 1 fully saturated rings. The number of hydrogen-bond acceptors (Lipinski definition) is 2. The number of aromatic nitrogens is 1. The molecule has 0 bridgehead atoms. The summed E-state index contributed by atoms with van der Waals surface area (Å²) in [4.78, 5) is 4.55. The van der Waals surface area contributed by atoms with Gasteiger partial charge in [0.25, 0.3) is 0 Å². The maximum atomic E-state index is 4.55. The van der Waals surface area contributed by atoms with Gasteiger partial charge in [0.2, 0.25) is 0 Å². The van der Waals surface area contributed by atoms with E-state index in [-0.39, 0.29) is 0 Å². The van der Waals surface area contributed by atoms with E-state index in [0.717, 1.165) is 18.9 Å². The number of likely N-dealkylation sites (N-methyl/N-ethyl adjacent to an activating group) is 1. The van der Waals surface area contributed by atoms with Crippen LogP contribution in [0.2, 0.25) is 0 Å². The highest BCUT2D eigenvalue weighted by Gasteiger charge is 2.19. The van der Waals surface area contributed by atoms with Crippen molar-refractivity contribution >= 4 is 0 Å². The Balaban J connectivity index is 1.93. The average Bonchev–Trinajstić information content (AvgIpc) is 2.43. The zero-order valence-corrected chi connectivity index (χ0v) is 12.5. The second-order valence-corrected chi connectivity index (χ2v) is 5.97. The topological polar surface area (TPSA) is 24.9 Å². The Morgan fingerprint density at radius 1 is 1.32 bits per heavy atom. The van der Waals surface area contributed by atoms with Crippen molar-refractivity contribution in [3.63, 3.8) is 0 Å². The smallest absolute Gasteiger partial charge is 0.0448 e. The van der Waals surface area contributed by atoms with Gasteiger partial charge >= 0.3 is 0 Å². The number of pyridine rings is 1. The molecule has 1 aromatic rings. The van der Waals surface area contributed by atoms with Gasteiger partial charge in [-0.2, -0.15) is 0 Å². The van der Waals surface area contributed by atoms with Crippen molar-refractivity contribution < 1.29 is 0 Å². The van der Waals surface area contributed by atoms with Crippen LogP contribution < -0.4 is 5.32 Å². The van der Waals surface area contributed by atoms with E-state index in [1.165, 1.54) is 49.8 Å². The van der Waals surface area contributed by atoms with Gasteiger partial charge in [-0.1, -0.05) is 45.1 Å². The third kappa shape index (κ3) is 4.61. The largest absolute Gasteiger partial charge is 0.314 e. The minimum atomic E-state index is 0.599. The molecule has 19 heavy (non-hydrogen) atoms. The molecule has 1 atom stereocenters. The second-order valence-electron chi connectivity index (χ2n) is 5.97. The van der Waals surface area contributed by atoms with E-state index in [2.05, 4.69) is 30.2 Å². The monoisotopic (exact) mass is 260 g/mol. The van der Waals surface area contributed by atoms with E-state index in [0.29, 0.717) is 6.04 Å². The van der Waals surface area contributed by atoms with E-state index >= 15 is 0 Å². The van der Waals surface area contributed by atoms with Crippen LogP contribution in [0, 0.1) is 12.8 Å². The molecule has 0 saturated heterocycles. The Labute approximate surface area is 118 Å². The minimum Gasteiger partial charge on any atom is -0.314 e. The summed E-state index contributed by atoms with van der Waals surface area (Å²) in [5.74, 6) is 0.932. The standard InChI is InChI=1S/C17H28N2/c1-3-18-16(12-15-9-5-4-6-10-15)13-17-14(2)8-7-11-19-17/h7-8,11,15-16,18H,3-6,9-10,12-13H2,1-2H3. The SMILES string of the molecule is CCNC(Cc1ncccc1C)CC1CCCCC1. The number of rotatable bonds is 6. The maximum Gasteiger partial charge on any atom is 0.0448 e. The molecule has 106 valence electrons. The van der Waals surface area contributed by atoms with Gasteiger partial charge in [-0.05, 0) is 37.4 Å². The zero-order valence-electron chi connectivity index (χ0n) is 12.5. The van der Waals surface area contributed by atoms with Crippen molar-refractivity contribution in [2.24, 2.45) is 5.92 Å². The Morgan fingerprint density at radius 3 is 2.79 bits per heavy atom. The third-order valence-corrected chi connectivity index (χ3v) is 4.39. The molecule has 1 saturated carbocycles. The summed E-state index contributed by atoms with van der Waals surface area (Å²) in [6, 6.07) is 4.80. The normalized spacial score (nSPS) is 18.4. The number of aryl methyl sites for hydroxylation is 1. The third-order valence-electron chi connectivity index (χ3n) is 4.39. The zero-order chi connectivity index (χ0) is 13.5. The lowest BCUT2D eigenvalue weighted by molar-refractivity contribution is 0.297. The van der Waals surface area contributed by atoms with Crippen LogP contribution >= 0.6 is 0 Å². The summed E-state index contributed by atoms with van der Waals surface area (Å²) >= 11 is 0. The van der Waals surface area contributed by atoms with Gasteiger partial charge in [-0.15, -0.1) is 0 Å². The molecule has 1 N–H and O–H groups in total. The first-order chi connectivity index (χ1) is 9.29. The summed E-state index contributed by atoms with van der Waals surface area (Å²) < 4.78 is 0. The lowest BCUT2D eigenvalue weighted by atomic mass is 9.83. The Bertz CT molecular complexity index is 369. The van der Waals surface area contributed by atoms with Crippen LogP contribution in [-0.4, -0.2) is 17.6 Å². The highest BCUT2D eigenvalue weighted by molar-refractivity contribution is 5.18. The molecule has 2 heteroatoms. The fourth-order valence-corrected chi connectivity index (χ4v) is 3.32. The Hall–Kier alpha value is -0.890. The maximum absolute atomic E-state index is 4.55. The highest BCUT2D eigenvalue weighted by atomic mass is 14.9. The van der Waals surface area contributed by atoms with Crippen LogP contribution in [0.25, 0.3) is 0 Å². The number of nitrogens with zero attached hydrogens (tertiary/aromatic N) is 1. The van der Waals surface area contributed by atoms with Crippen molar-refractivity contribution in [2.45, 2.75) is 64.8 Å². The van der Waals surface area contributed by atoms with Crippen molar-refractivity contribution in [1.29, 1.82) is 0 Å². The molecule has 0 aliphatic heterocycles. The quantitative estimate of drug-likeness (QED) is 0.839. The van der Waals surface area contributed by atoms with Gasteiger partial charge in [-0.25, -0.2) is 0 Å². The minimum absolute atomic E-state index is 0.599. The van der Waals surface area contributed by atoms with Gasteiger partial charge in [0.15, 0.2) is 0 Å². The van der Waals surface area contributed by atoms with Crippen molar-refractivity contribution in [3.05, 3.63) is 29.6 Å². The van der Waals surface area contributed by atoms with Crippen LogP contribution in [0.1, 0.15) is 56.7 Å². The molecule has 0 radical (unpaired) electrons. The van der Waals surface area contributed by atoms with E-state index in [1.54, 1.807) is 0 Å². The summed E-state index contributed by atoms with van der Waals surface area (Å²) in [7, 11) is 0. The summed E-state index contributed by atoms with van der Waals surface area (Å²) in [6.07, 6.45) is 11.5. The van der Waals surface area contributed by atoms with Gasteiger partial charge in [0, 0.05) is 24.4 Å². The predicted octanol–water partition coefficient (Wildman–Crippen LogP) is 3.88. The molecule has 1 aromatic heterocycles. The van der Waals surface area contributed by atoms with E-state index < -0.39 is 0 Å². The molecule has 1 aliphatic carbocycles. The van der Waals surface area contributed by atoms with Crippen LogP contribution in [0.4, 0.5) is 0 Å².